The van der Waals surface area contributed by atoms with Crippen LogP contribution in [0.2, 0.25) is 0 Å². The van der Waals surface area contributed by atoms with Gasteiger partial charge in [0.25, 0.3) is 0 Å². The van der Waals surface area contributed by atoms with Crippen molar-refractivity contribution in [2.75, 3.05) is 0 Å². The molecule has 0 aliphatic heterocycles. The topological polar surface area (TPSA) is 22.8 Å². The molecule has 260 valence electrons. The first kappa shape index (κ1) is 33.7. The molecule has 0 radical (unpaired) electrons. The second-order valence-electron chi connectivity index (χ2n) is 13.6. The summed E-state index contributed by atoms with van der Waals surface area (Å²) in [6.45, 7) is 2.03. The van der Waals surface area contributed by atoms with Crippen molar-refractivity contribution in [3.8, 4) is 44.9 Å². The van der Waals surface area contributed by atoms with Crippen molar-refractivity contribution in [1.29, 1.82) is 0 Å². The van der Waals surface area contributed by atoms with Gasteiger partial charge in [-0.2, -0.15) is 0 Å². The number of aromatic nitrogens is 3. The summed E-state index contributed by atoms with van der Waals surface area (Å²) in [4.78, 5) is 4.74. The van der Waals surface area contributed by atoms with E-state index in [1.807, 2.05) is 12.3 Å². The van der Waals surface area contributed by atoms with Crippen LogP contribution in [-0.4, -0.2) is 20.8 Å². The number of para-hydroxylation sites is 2. The zero-order valence-electron chi connectivity index (χ0n) is 29.8. The number of imidazole rings is 1. The Morgan fingerprint density at radius 2 is 1.00 bits per heavy atom. The fourth-order valence-electron chi connectivity index (χ4n) is 7.69. The van der Waals surface area contributed by atoms with E-state index in [0.29, 0.717) is 0 Å². The first-order valence-corrected chi connectivity index (χ1v) is 19.4. The molecule has 0 aliphatic rings. The summed E-state index contributed by atoms with van der Waals surface area (Å²) in [5.74, 6) is 0. The molecule has 3 nitrogen and oxygen atoms in total. The monoisotopic (exact) mass is 872 g/mol. The van der Waals surface area contributed by atoms with Crippen molar-refractivity contribution in [1.82, 2.24) is 14.1 Å². The minimum atomic E-state index is -0.107. The quantitative estimate of drug-likeness (QED) is 0.140. The van der Waals surface area contributed by atoms with Crippen LogP contribution in [0.3, 0.4) is 0 Å². The Morgan fingerprint density at radius 1 is 0.463 bits per heavy atom. The van der Waals surface area contributed by atoms with E-state index in [4.69, 9.17) is 4.98 Å². The molecule has 0 saturated carbocycles. The molecular formula is C49H36BN3Pt. The third kappa shape index (κ3) is 6.33. The standard InChI is InChI=1S/C49H36BN3.Pt/c1-36-28-30-42(31-29-36)52-35-53(48-27-9-8-26-47(48)52)43-22-13-21-41(34-43)50(40-20-12-19-39(33-40)46-25-10-11-32-51-46)49-44(37-15-4-2-5-16-37)23-14-24-45(49)38-17-6-3-7-18-38;/h2-34H,1H3;. The molecule has 9 rings (SSSR count). The number of benzene rings is 7. The van der Waals surface area contributed by atoms with Crippen LogP contribution in [0.15, 0.2) is 200 Å². The molecule has 9 aromatic rings. The van der Waals surface area contributed by atoms with Crippen LogP contribution in [0, 0.1) is 10.7 Å². The van der Waals surface area contributed by atoms with Crippen LogP contribution in [0.4, 0.5) is 0 Å². The Bertz CT molecular complexity index is 2730. The average molecular weight is 873 g/mol. The maximum atomic E-state index is 4.74. The molecule has 2 heterocycles. The summed E-state index contributed by atoms with van der Waals surface area (Å²) in [6.07, 6.45) is 1.87. The number of pyridine rings is 1. The zero-order valence-corrected chi connectivity index (χ0v) is 32.1. The zero-order chi connectivity index (χ0) is 36.4. The Kier molecular flexibility index (Phi) is 9.21. The van der Waals surface area contributed by atoms with Crippen molar-refractivity contribution >= 4 is 34.1 Å². The molecular weight excluding hydrogens is 836 g/mol. The number of nitrogens with zero attached hydrogens (tertiary/aromatic N) is 3. The van der Waals surface area contributed by atoms with Crippen molar-refractivity contribution in [2.45, 2.75) is 6.92 Å². The second-order valence-corrected chi connectivity index (χ2v) is 14.6. The Morgan fingerprint density at radius 3 is 1.63 bits per heavy atom. The molecule has 5 heteroatoms. The van der Waals surface area contributed by atoms with E-state index >= 15 is 0 Å². The maximum absolute atomic E-state index is 4.74. The van der Waals surface area contributed by atoms with Gasteiger partial charge in [-0.3, -0.25) is 0 Å². The van der Waals surface area contributed by atoms with Gasteiger partial charge in [-0.25, -0.2) is 0 Å². The predicted octanol–water partition coefficient (Wildman–Crippen LogP) is 9.72. The van der Waals surface area contributed by atoms with Gasteiger partial charge in [0, 0.05) is 0 Å². The number of aryl methyl sites for hydroxylation is 1. The molecule has 0 fully saturated rings. The van der Waals surface area contributed by atoms with Gasteiger partial charge >= 0.3 is 323 Å². The normalized spacial score (nSPS) is 11.2. The van der Waals surface area contributed by atoms with Gasteiger partial charge in [-0.1, -0.05) is 0 Å². The van der Waals surface area contributed by atoms with Crippen LogP contribution in [0.1, 0.15) is 5.56 Å². The summed E-state index contributed by atoms with van der Waals surface area (Å²) >= 11 is 2.50. The molecule has 7 aromatic carbocycles. The molecule has 54 heavy (non-hydrogen) atoms. The Balaban J connectivity index is 1.32. The van der Waals surface area contributed by atoms with Crippen LogP contribution in [-0.2, 0) is 19.4 Å². The third-order valence-corrected chi connectivity index (χ3v) is 11.2. The first-order chi connectivity index (χ1) is 26.6. The predicted molar refractivity (Wildman–Crippen MR) is 222 cm³/mol. The molecule has 0 aliphatic carbocycles. The molecule has 0 amide bonds. The molecule has 2 aromatic heterocycles. The third-order valence-electron chi connectivity index (χ3n) is 10.2. The number of rotatable bonds is 8. The Labute approximate surface area is 327 Å². The van der Waals surface area contributed by atoms with Crippen LogP contribution in [0.25, 0.3) is 55.9 Å². The fourth-order valence-corrected chi connectivity index (χ4v) is 8.82. The fraction of sp³-hybridized carbons (Fsp3) is 0.0204. The van der Waals surface area contributed by atoms with Crippen LogP contribution in [0.5, 0.6) is 0 Å². The Hall–Kier alpha value is -6.09. The van der Waals surface area contributed by atoms with Crippen LogP contribution >= 0.6 is 0 Å². The van der Waals surface area contributed by atoms with Gasteiger partial charge < -0.3 is 0 Å². The molecule has 0 atom stereocenters. The molecule has 0 spiro atoms. The number of fused-ring (bicyclic) bond motifs is 1. The van der Waals surface area contributed by atoms with E-state index in [-0.39, 0.29) is 6.71 Å². The number of hydrogen-bond donors (Lipinski definition) is 0. The SMILES string of the molecule is Cc1ccc(-n2[c](=[Pt])n(-c3cccc(B(c4cccc(-c5ccccn5)c4)c4c(-c5ccccc5)cccc4-c4ccccc4)c3)c3ccccc32)cc1. The molecule has 0 unspecified atom stereocenters. The van der Waals surface area contributed by atoms with E-state index < -0.39 is 0 Å². The van der Waals surface area contributed by atoms with Gasteiger partial charge in [0.2, 0.25) is 0 Å². The van der Waals surface area contributed by atoms with Gasteiger partial charge in [0.1, 0.15) is 0 Å². The number of hydrogen-bond acceptors (Lipinski definition) is 1. The van der Waals surface area contributed by atoms with Gasteiger partial charge in [-0.05, 0) is 6.07 Å². The molecule has 0 bridgehead atoms. The minimum absolute atomic E-state index is 0.107. The van der Waals surface area contributed by atoms with Crippen molar-refractivity contribution < 1.29 is 19.4 Å². The molecule has 0 N–H and O–H groups in total. The second kappa shape index (κ2) is 14.7. The summed E-state index contributed by atoms with van der Waals surface area (Å²) in [7, 11) is 0. The summed E-state index contributed by atoms with van der Waals surface area (Å²) < 4.78 is 5.86. The van der Waals surface area contributed by atoms with Crippen molar-refractivity contribution in [3.05, 3.63) is 210 Å². The summed E-state index contributed by atoms with van der Waals surface area (Å²) in [6, 6.07) is 70.1. The van der Waals surface area contributed by atoms with E-state index in [9.17, 15) is 0 Å². The average Bonchev–Trinajstić information content (AvgIpc) is 3.54. The van der Waals surface area contributed by atoms with Crippen LogP contribution < -0.4 is 16.4 Å². The summed E-state index contributed by atoms with van der Waals surface area (Å²) in [5, 5.41) is 0. The van der Waals surface area contributed by atoms with E-state index in [1.54, 1.807) is 0 Å². The van der Waals surface area contributed by atoms with Gasteiger partial charge in [0.15, 0.2) is 0 Å². The van der Waals surface area contributed by atoms with E-state index in [2.05, 4.69) is 223 Å². The van der Waals surface area contributed by atoms with Crippen molar-refractivity contribution in [2.24, 2.45) is 0 Å². The van der Waals surface area contributed by atoms with E-state index in [0.717, 1.165) is 37.5 Å². The molecule has 0 saturated heterocycles. The van der Waals surface area contributed by atoms with Crippen molar-refractivity contribution in [3.63, 3.8) is 0 Å². The van der Waals surface area contributed by atoms with E-state index in [1.165, 1.54) is 44.2 Å². The summed E-state index contributed by atoms with van der Waals surface area (Å²) in [5.41, 5.74) is 16.4. The van der Waals surface area contributed by atoms with Gasteiger partial charge in [0.05, 0.1) is 0 Å². The van der Waals surface area contributed by atoms with Gasteiger partial charge in [-0.15, -0.1) is 0 Å². The first-order valence-electron chi connectivity index (χ1n) is 18.2.